The Morgan fingerprint density at radius 1 is 1.13 bits per heavy atom. The van der Waals surface area contributed by atoms with E-state index in [1.54, 1.807) is 43.5 Å². The lowest BCUT2D eigenvalue weighted by Crippen LogP contribution is -2.32. The van der Waals surface area contributed by atoms with Crippen LogP contribution < -0.4 is 14.4 Å². The monoisotopic (exact) mass is 454 g/mol. The van der Waals surface area contributed by atoms with Crippen LogP contribution in [0, 0.1) is 0 Å². The number of amides is 2. The van der Waals surface area contributed by atoms with Crippen molar-refractivity contribution >= 4 is 51.9 Å². The fraction of sp³-hybridized carbons (Fsp3) is 0.261. The summed E-state index contributed by atoms with van der Waals surface area (Å²) in [5.41, 5.74) is 1.42. The molecule has 2 heterocycles. The van der Waals surface area contributed by atoms with Crippen molar-refractivity contribution in [3.63, 3.8) is 0 Å². The van der Waals surface area contributed by atoms with Crippen LogP contribution in [0.25, 0.3) is 6.08 Å². The molecule has 0 spiro atoms. The van der Waals surface area contributed by atoms with Gasteiger partial charge in [-0.15, -0.1) is 0 Å². The lowest BCUT2D eigenvalue weighted by molar-refractivity contribution is -0.132. The first kappa shape index (κ1) is 21.4. The number of hydrogen-bond donors (Lipinski definition) is 0. The minimum absolute atomic E-state index is 0.0156. The number of thiocarbonyl (C=S) groups is 1. The molecule has 0 aliphatic carbocycles. The molecule has 4 rings (SSSR count). The Morgan fingerprint density at radius 3 is 2.55 bits per heavy atom. The smallest absolute Gasteiger partial charge is 0.270 e. The Labute approximate surface area is 190 Å². The predicted octanol–water partition coefficient (Wildman–Crippen LogP) is 4.10. The molecule has 160 valence electrons. The fourth-order valence-electron chi connectivity index (χ4n) is 3.49. The Morgan fingerprint density at radius 2 is 1.84 bits per heavy atom. The van der Waals surface area contributed by atoms with Gasteiger partial charge in [0.2, 0.25) is 0 Å². The SMILES string of the molecule is COc1ccc(N2C(=O)/C(=C/c3ccccc3OCC(=O)N3CCCC3)SC2=S)cc1. The van der Waals surface area contributed by atoms with E-state index in [0.29, 0.717) is 26.4 Å². The highest BCUT2D eigenvalue weighted by Gasteiger charge is 2.33. The van der Waals surface area contributed by atoms with Gasteiger partial charge in [0.1, 0.15) is 11.5 Å². The van der Waals surface area contributed by atoms with Crippen LogP contribution in [-0.4, -0.2) is 47.8 Å². The maximum Gasteiger partial charge on any atom is 0.270 e. The molecule has 6 nitrogen and oxygen atoms in total. The number of carbonyl (C=O) groups excluding carboxylic acids is 2. The van der Waals surface area contributed by atoms with Crippen LogP contribution in [0.2, 0.25) is 0 Å². The Hall–Kier alpha value is -2.84. The van der Waals surface area contributed by atoms with E-state index < -0.39 is 0 Å². The molecule has 0 unspecified atom stereocenters. The maximum absolute atomic E-state index is 13.0. The molecule has 2 saturated heterocycles. The van der Waals surface area contributed by atoms with Crippen LogP contribution in [0.1, 0.15) is 18.4 Å². The Balaban J connectivity index is 1.51. The highest BCUT2D eigenvalue weighted by atomic mass is 32.2. The van der Waals surface area contributed by atoms with Crippen molar-refractivity contribution in [2.45, 2.75) is 12.8 Å². The largest absolute Gasteiger partial charge is 0.497 e. The van der Waals surface area contributed by atoms with E-state index in [2.05, 4.69) is 0 Å². The van der Waals surface area contributed by atoms with Gasteiger partial charge in [0.25, 0.3) is 11.8 Å². The predicted molar refractivity (Wildman–Crippen MR) is 126 cm³/mol. The quantitative estimate of drug-likeness (QED) is 0.484. The second kappa shape index (κ2) is 9.53. The first-order valence-electron chi connectivity index (χ1n) is 9.98. The molecule has 2 aliphatic heterocycles. The Bertz CT molecular complexity index is 1030. The van der Waals surface area contributed by atoms with Crippen molar-refractivity contribution in [1.82, 2.24) is 4.90 Å². The molecular formula is C23H22N2O4S2. The topological polar surface area (TPSA) is 59.1 Å². The molecule has 0 saturated carbocycles. The molecule has 0 atom stereocenters. The molecule has 8 heteroatoms. The zero-order valence-electron chi connectivity index (χ0n) is 17.1. The number of ether oxygens (including phenoxy) is 2. The van der Waals surface area contributed by atoms with Crippen LogP contribution in [0.3, 0.4) is 0 Å². The second-order valence-corrected chi connectivity index (χ2v) is 8.81. The average Bonchev–Trinajstić information content (AvgIpc) is 3.42. The van der Waals surface area contributed by atoms with E-state index in [1.807, 2.05) is 23.1 Å². The van der Waals surface area contributed by atoms with Crippen LogP contribution in [0.15, 0.2) is 53.4 Å². The number of methoxy groups -OCH3 is 1. The molecule has 0 N–H and O–H groups in total. The van der Waals surface area contributed by atoms with Gasteiger partial charge in [-0.1, -0.05) is 42.2 Å². The Kier molecular flexibility index (Phi) is 6.58. The van der Waals surface area contributed by atoms with Gasteiger partial charge in [0.05, 0.1) is 17.7 Å². The second-order valence-electron chi connectivity index (χ2n) is 7.13. The summed E-state index contributed by atoms with van der Waals surface area (Å²) in [5.74, 6) is 1.06. The molecule has 31 heavy (non-hydrogen) atoms. The number of carbonyl (C=O) groups is 2. The number of nitrogens with zero attached hydrogens (tertiary/aromatic N) is 2. The van der Waals surface area contributed by atoms with E-state index in [1.165, 1.54) is 16.7 Å². The van der Waals surface area contributed by atoms with Gasteiger partial charge >= 0.3 is 0 Å². The summed E-state index contributed by atoms with van der Waals surface area (Å²) in [6, 6.07) is 14.5. The van der Waals surface area contributed by atoms with Crippen LogP contribution in [0.5, 0.6) is 11.5 Å². The molecule has 2 aromatic carbocycles. The molecule has 2 aromatic rings. The van der Waals surface area contributed by atoms with Gasteiger partial charge in [0.15, 0.2) is 10.9 Å². The summed E-state index contributed by atoms with van der Waals surface area (Å²) in [6.45, 7) is 1.56. The third-order valence-corrected chi connectivity index (χ3v) is 6.44. The summed E-state index contributed by atoms with van der Waals surface area (Å²) < 4.78 is 11.4. The zero-order valence-corrected chi connectivity index (χ0v) is 18.7. The van der Waals surface area contributed by atoms with E-state index in [-0.39, 0.29) is 18.4 Å². The zero-order chi connectivity index (χ0) is 21.8. The van der Waals surface area contributed by atoms with Crippen molar-refractivity contribution in [2.75, 3.05) is 31.7 Å². The molecular weight excluding hydrogens is 432 g/mol. The highest BCUT2D eigenvalue weighted by molar-refractivity contribution is 8.27. The molecule has 2 amide bonds. The third-order valence-electron chi connectivity index (χ3n) is 5.14. The first-order chi connectivity index (χ1) is 15.1. The summed E-state index contributed by atoms with van der Waals surface area (Å²) >= 11 is 6.69. The van der Waals surface area contributed by atoms with E-state index >= 15 is 0 Å². The lowest BCUT2D eigenvalue weighted by atomic mass is 10.2. The van der Waals surface area contributed by atoms with Crippen molar-refractivity contribution in [3.05, 3.63) is 59.0 Å². The van der Waals surface area contributed by atoms with Crippen molar-refractivity contribution in [3.8, 4) is 11.5 Å². The van der Waals surface area contributed by atoms with Crippen molar-refractivity contribution in [1.29, 1.82) is 0 Å². The number of benzene rings is 2. The van der Waals surface area contributed by atoms with Gasteiger partial charge in [0, 0.05) is 18.7 Å². The summed E-state index contributed by atoms with van der Waals surface area (Å²) in [5, 5.41) is 0. The maximum atomic E-state index is 13.0. The van der Waals surface area contributed by atoms with Crippen LogP contribution in [-0.2, 0) is 9.59 Å². The number of hydrogen-bond acceptors (Lipinski definition) is 6. The minimum atomic E-state index is -0.192. The molecule has 0 aromatic heterocycles. The van der Waals surface area contributed by atoms with Crippen molar-refractivity contribution in [2.24, 2.45) is 0 Å². The number of thioether (sulfide) groups is 1. The van der Waals surface area contributed by atoms with Crippen molar-refractivity contribution < 1.29 is 19.1 Å². The number of rotatable bonds is 6. The molecule has 2 fully saturated rings. The van der Waals surface area contributed by atoms with E-state index in [9.17, 15) is 9.59 Å². The number of anilines is 1. The molecule has 0 bridgehead atoms. The summed E-state index contributed by atoms with van der Waals surface area (Å²) in [6.07, 6.45) is 3.84. The van der Waals surface area contributed by atoms with Gasteiger partial charge in [-0.3, -0.25) is 14.5 Å². The van der Waals surface area contributed by atoms with E-state index in [4.69, 9.17) is 21.7 Å². The van der Waals surface area contributed by atoms with Gasteiger partial charge in [-0.25, -0.2) is 0 Å². The standard InChI is InChI=1S/C23H22N2O4S2/c1-28-18-10-8-17(9-11-18)25-22(27)20(31-23(25)30)14-16-6-2-3-7-19(16)29-15-21(26)24-12-4-5-13-24/h2-3,6-11,14H,4-5,12-13,15H2,1H3/b20-14-. The normalized spacial score (nSPS) is 17.5. The number of likely N-dealkylation sites (tertiary alicyclic amines) is 1. The third kappa shape index (κ3) is 4.75. The van der Waals surface area contributed by atoms with Gasteiger partial charge in [-0.2, -0.15) is 0 Å². The first-order valence-corrected chi connectivity index (χ1v) is 11.2. The fourth-order valence-corrected chi connectivity index (χ4v) is 4.78. The van der Waals surface area contributed by atoms with Crippen LogP contribution >= 0.6 is 24.0 Å². The highest BCUT2D eigenvalue weighted by Crippen LogP contribution is 2.37. The van der Waals surface area contributed by atoms with E-state index in [0.717, 1.165) is 31.5 Å². The summed E-state index contributed by atoms with van der Waals surface area (Å²) in [7, 11) is 1.59. The molecule has 2 aliphatic rings. The summed E-state index contributed by atoms with van der Waals surface area (Å²) in [4.78, 5) is 29.2. The van der Waals surface area contributed by atoms with Gasteiger partial charge < -0.3 is 14.4 Å². The molecule has 0 radical (unpaired) electrons. The minimum Gasteiger partial charge on any atom is -0.497 e. The lowest BCUT2D eigenvalue weighted by Gasteiger charge is -2.16. The van der Waals surface area contributed by atoms with Gasteiger partial charge in [-0.05, 0) is 49.2 Å². The number of para-hydroxylation sites is 1. The van der Waals surface area contributed by atoms with Crippen LogP contribution in [0.4, 0.5) is 5.69 Å². The average molecular weight is 455 g/mol.